The quantitative estimate of drug-likeness (QED) is 0.00774. The minimum absolute atomic E-state index is 0.0279. The van der Waals surface area contributed by atoms with E-state index in [1.807, 2.05) is 54.6 Å². The molecule has 0 bridgehead atoms. The molecule has 36 nitrogen and oxygen atoms in total. The first kappa shape index (κ1) is 107. The first-order valence-electron chi connectivity index (χ1n) is 43.4. The van der Waals surface area contributed by atoms with Gasteiger partial charge in [-0.2, -0.15) is 0 Å². The lowest BCUT2D eigenvalue weighted by Crippen LogP contribution is -2.63. The number of nitrogens with one attached hydrogen (secondary N) is 15. The molecular formula is C93H124N16O20S3. The van der Waals surface area contributed by atoms with Crippen molar-refractivity contribution in [2.45, 2.75) is 217 Å². The van der Waals surface area contributed by atoms with Crippen LogP contribution >= 0.6 is 23.5 Å². The van der Waals surface area contributed by atoms with Crippen molar-refractivity contribution in [3.8, 4) is 0 Å². The number of thioether (sulfide) groups is 2. The Hall–Kier alpha value is -12.5. The molecule has 39 heteroatoms. The van der Waals surface area contributed by atoms with E-state index in [4.69, 9.17) is 19.6 Å². The number of aliphatic carboxylic acids is 1. The molecule has 16 N–H and O–H groups in total. The molecule has 11 atom stereocenters. The van der Waals surface area contributed by atoms with Gasteiger partial charge in [-0.1, -0.05) is 197 Å². The molecule has 0 radical (unpaired) electrons. The molecule has 1 aliphatic heterocycles. The number of rotatable bonds is 50. The molecule has 132 heavy (non-hydrogen) atoms. The Morgan fingerprint density at radius 3 is 1.48 bits per heavy atom. The van der Waals surface area contributed by atoms with Crippen molar-refractivity contribution in [3.05, 3.63) is 209 Å². The Morgan fingerprint density at radius 2 is 0.977 bits per heavy atom. The topological polar surface area (TPSA) is 517 Å². The average molecular weight is 1880 g/mol. The molecule has 1 saturated heterocycles. The van der Waals surface area contributed by atoms with Crippen LogP contribution in [0.2, 0.25) is 0 Å². The number of benzene rings is 6. The Balaban J connectivity index is 1.20. The molecule has 6 aromatic carbocycles. The monoisotopic (exact) mass is 1880 g/mol. The lowest BCUT2D eigenvalue weighted by Gasteiger charge is -2.37. The number of ether oxygens (including phenoxy) is 3. The third-order valence-corrected chi connectivity index (χ3v) is 24.0. The lowest BCUT2D eigenvalue weighted by atomic mass is 9.77. The third-order valence-electron chi connectivity index (χ3n) is 20.8. The summed E-state index contributed by atoms with van der Waals surface area (Å²) in [4.78, 5) is 201. The molecular weight excluding hydrogens is 1760 g/mol. The number of carbonyl (C=O) groups is 14. The maximum Gasteiger partial charge on any atom is 0.408 e. The summed E-state index contributed by atoms with van der Waals surface area (Å²) in [7, 11) is -4.30. The van der Waals surface area contributed by atoms with E-state index in [2.05, 4.69) is 73.8 Å². The van der Waals surface area contributed by atoms with Crippen LogP contribution in [-0.2, 0) is 105 Å². The van der Waals surface area contributed by atoms with Crippen molar-refractivity contribution in [1.82, 2.24) is 78.7 Å². The number of nitrogens with zero attached hydrogens (tertiary/aromatic N) is 1. The highest BCUT2D eigenvalue weighted by Gasteiger charge is 2.44. The Bertz CT molecular complexity index is 4890. The Kier molecular flexibility index (Phi) is 42.4. The van der Waals surface area contributed by atoms with Crippen molar-refractivity contribution >= 4 is 122 Å². The summed E-state index contributed by atoms with van der Waals surface area (Å²) in [5, 5.41) is 53.9. The van der Waals surface area contributed by atoms with Gasteiger partial charge in [0.25, 0.3) is 10.0 Å². The normalized spacial score (nSPS) is 14.9. The van der Waals surface area contributed by atoms with Gasteiger partial charge in [-0.15, -0.1) is 23.5 Å². The number of hydrogen-bond acceptors (Lipinski definition) is 22. The van der Waals surface area contributed by atoms with E-state index in [-0.39, 0.29) is 99.1 Å². The van der Waals surface area contributed by atoms with Gasteiger partial charge in [0.1, 0.15) is 71.6 Å². The molecule has 0 unspecified atom stereocenters. The van der Waals surface area contributed by atoms with Gasteiger partial charge >= 0.3 is 12.1 Å². The maximum absolute atomic E-state index is 15.4. The van der Waals surface area contributed by atoms with Crippen molar-refractivity contribution in [2.24, 2.45) is 11.8 Å². The summed E-state index contributed by atoms with van der Waals surface area (Å²) in [6.07, 6.45) is -3.24. The number of guanidine groups is 1. The fourth-order valence-corrected chi connectivity index (χ4v) is 16.7. The van der Waals surface area contributed by atoms with Gasteiger partial charge < -0.3 is 93.3 Å². The second kappa shape index (κ2) is 52.5. The molecule has 13 amide bonds. The van der Waals surface area contributed by atoms with E-state index in [0.29, 0.717) is 22.3 Å². The fraction of sp³-hybridized carbons (Fsp3) is 0.452. The first-order valence-corrected chi connectivity index (χ1v) is 47.2. The van der Waals surface area contributed by atoms with Crippen molar-refractivity contribution in [3.63, 3.8) is 0 Å². The van der Waals surface area contributed by atoms with Crippen molar-refractivity contribution in [2.75, 3.05) is 43.0 Å². The van der Waals surface area contributed by atoms with Crippen LogP contribution in [0.5, 0.6) is 0 Å². The molecule has 6 aromatic rings. The number of alkyl carbamates (subject to hydrolysis) is 1. The predicted molar refractivity (Wildman–Crippen MR) is 498 cm³/mol. The molecule has 714 valence electrons. The molecule has 0 aliphatic carbocycles. The SMILES string of the molecule is CC(=O)NCSC[C@H](NC(=O)[C@H](C)NC(=O)[C@H](COCc1ccccc1)NC(=O)OC(C)(C)C)C(=O)N[C@H](C(=O)N[C@@H](CSCNC(C)=O)C(=O)N[C@@H](CCCNC(=N)NS(=O)(=O)c1ccc(C)cc1)C(=O)N[C@H](C(=O)N[C@@H](CC(C)C)C(=O)N[C@@H](CC(=O)NC(c1ccccc1)(c1ccccc1)c1ccccc1)C(=O)N1CCC[C@H]1C(=O)O)C(C)C)[C@@H](C)OCc1ccccc1. The van der Waals surface area contributed by atoms with Gasteiger partial charge in [0.15, 0.2) is 0 Å². The first-order chi connectivity index (χ1) is 62.6. The van der Waals surface area contributed by atoms with Crippen LogP contribution in [0.4, 0.5) is 4.79 Å². The van der Waals surface area contributed by atoms with E-state index in [1.165, 1.54) is 39.8 Å². The van der Waals surface area contributed by atoms with Crippen LogP contribution in [0.15, 0.2) is 181 Å². The minimum Gasteiger partial charge on any atom is -0.480 e. The molecule has 1 aliphatic rings. The van der Waals surface area contributed by atoms with Crippen molar-refractivity contribution < 1.29 is 94.9 Å². The van der Waals surface area contributed by atoms with Crippen LogP contribution in [0.3, 0.4) is 0 Å². The molecule has 1 fully saturated rings. The summed E-state index contributed by atoms with van der Waals surface area (Å²) in [5.41, 5.74) is 1.66. The highest BCUT2D eigenvalue weighted by atomic mass is 32.2. The fourth-order valence-electron chi connectivity index (χ4n) is 14.0. The summed E-state index contributed by atoms with van der Waals surface area (Å²) in [6.45, 7) is 17.7. The minimum atomic E-state index is -4.30. The number of likely N-dealkylation sites (tertiary alicyclic amines) is 1. The van der Waals surface area contributed by atoms with E-state index >= 15 is 38.4 Å². The molecule has 0 aromatic heterocycles. The van der Waals surface area contributed by atoms with Gasteiger partial charge in [0.05, 0.1) is 49.0 Å². The van der Waals surface area contributed by atoms with Crippen LogP contribution in [0.1, 0.15) is 148 Å². The van der Waals surface area contributed by atoms with Crippen LogP contribution < -0.4 is 73.8 Å². The van der Waals surface area contributed by atoms with Crippen LogP contribution in [0.25, 0.3) is 0 Å². The van der Waals surface area contributed by atoms with E-state index in [1.54, 1.807) is 165 Å². The zero-order chi connectivity index (χ0) is 96.8. The molecule has 0 spiro atoms. The summed E-state index contributed by atoms with van der Waals surface area (Å²) < 4.78 is 46.5. The zero-order valence-corrected chi connectivity index (χ0v) is 78.7. The van der Waals surface area contributed by atoms with Gasteiger partial charge in [0, 0.05) is 38.4 Å². The number of carbonyl (C=O) groups excluding carboxylic acids is 13. The van der Waals surface area contributed by atoms with Gasteiger partial charge in [-0.05, 0) is 125 Å². The highest BCUT2D eigenvalue weighted by molar-refractivity contribution is 7.99. The number of hydrogen-bond donors (Lipinski definition) is 16. The molecule has 7 rings (SSSR count). The summed E-state index contributed by atoms with van der Waals surface area (Å²) >= 11 is 1.93. The summed E-state index contributed by atoms with van der Waals surface area (Å²) in [5.74, 6) is -14.5. The van der Waals surface area contributed by atoms with E-state index in [9.17, 15) is 42.3 Å². The van der Waals surface area contributed by atoms with Crippen LogP contribution in [-0.4, -0.2) is 222 Å². The van der Waals surface area contributed by atoms with Gasteiger partial charge in [0.2, 0.25) is 76.8 Å². The van der Waals surface area contributed by atoms with Crippen LogP contribution in [0, 0.1) is 24.2 Å². The molecule has 0 saturated carbocycles. The second-order valence-corrected chi connectivity index (χ2v) is 37.3. The number of carboxylic acid groups (broad SMARTS) is 1. The molecule has 1 heterocycles. The standard InChI is InChI=1S/C93H124N16O20S3/c1-57(2)48-71(82(115)101-72(88(121)109-47-29-41-76(109)89(122)123)49-77(112)107-93(66-34-22-15-23-35-66,67-36-24-16-25-37-67)68-38-26-17-27-39-68)100-86(119)78(58(3)4)105-81(114)70(40-28-46-95-90(94)108-132(125,126)69-44-42-59(5)43-45-69)99-84(117)74(53-130-55-96-62(8)110)103-87(120)79(61(7)128-51-65-32-20-14-21-33-65)106-85(118)75(54-131-56-97-63(9)111)102-80(113)60(6)98-83(116)73(104-91(124)129-92(10,11)12)52-127-50-64-30-18-13-19-31-64/h13-27,30-39,42-45,57-58,60-61,70-76,78-79H,28-29,40-41,46-56H2,1-12H3,(H,96,110)(H,97,111)(H,98,116)(H,99,117)(H,100,119)(H,101,115)(H,102,113)(H,103,120)(H,104,124)(H,105,114)(H,106,118)(H,107,112)(H,122,123)(H3,94,95,108)/t60-,61+,70-,71-,72-,73-,74-,75-,76-,78-,79-/m0/s1. The second-order valence-electron chi connectivity index (χ2n) is 33.6. The third kappa shape index (κ3) is 34.7. The van der Waals surface area contributed by atoms with E-state index < -0.39 is 189 Å². The van der Waals surface area contributed by atoms with Gasteiger partial charge in [-0.3, -0.25) is 62.9 Å². The predicted octanol–water partition coefficient (Wildman–Crippen LogP) is 5.12. The number of aryl methyl sites for hydroxylation is 1. The average Bonchev–Trinajstić information content (AvgIpc) is 0.814. The van der Waals surface area contributed by atoms with Gasteiger partial charge in [-0.25, -0.2) is 22.7 Å². The number of sulfonamides is 1. The summed E-state index contributed by atoms with van der Waals surface area (Å²) in [6, 6.07) is 35.0. The van der Waals surface area contributed by atoms with E-state index in [0.717, 1.165) is 39.6 Å². The Morgan fingerprint density at radius 1 is 0.523 bits per heavy atom. The van der Waals surface area contributed by atoms with Crippen molar-refractivity contribution in [1.29, 1.82) is 5.41 Å². The number of carboxylic acids is 1. The largest absolute Gasteiger partial charge is 0.480 e. The number of amides is 13. The zero-order valence-electron chi connectivity index (χ0n) is 76.2. The smallest absolute Gasteiger partial charge is 0.408 e. The lowest BCUT2D eigenvalue weighted by molar-refractivity contribution is -0.150. The Labute approximate surface area is 778 Å². The maximum atomic E-state index is 15.4. The highest BCUT2D eigenvalue weighted by Crippen LogP contribution is 2.37.